The van der Waals surface area contributed by atoms with E-state index in [0.717, 1.165) is 51.6 Å². The largest absolute Gasteiger partial charge is 0.385 e. The third-order valence-corrected chi connectivity index (χ3v) is 2.31. The Morgan fingerprint density at radius 1 is 0.929 bits per heavy atom. The highest BCUT2D eigenvalue weighted by atomic mass is 35.5. The highest BCUT2D eigenvalue weighted by molar-refractivity contribution is 6.17. The Kier molecular flexibility index (Phi) is 11.4. The maximum atomic E-state index is 5.66. The minimum atomic E-state index is 0.730. The highest BCUT2D eigenvalue weighted by Gasteiger charge is 2.03. The molecule has 0 heterocycles. The molecule has 0 amide bonds. The number of hydrogen-bond acceptors (Lipinski definition) is 3. The van der Waals surface area contributed by atoms with E-state index < -0.39 is 0 Å². The average molecular weight is 224 g/mol. The summed E-state index contributed by atoms with van der Waals surface area (Å²) in [6.45, 7) is 4.71. The lowest BCUT2D eigenvalue weighted by Gasteiger charge is -2.21. The summed E-state index contributed by atoms with van der Waals surface area (Å²) in [5, 5.41) is 0. The summed E-state index contributed by atoms with van der Waals surface area (Å²) in [4.78, 5) is 2.37. The Bertz CT molecular complexity index is 106. The van der Waals surface area contributed by atoms with Crippen molar-refractivity contribution in [1.29, 1.82) is 0 Å². The molecule has 0 aromatic carbocycles. The summed E-state index contributed by atoms with van der Waals surface area (Å²) in [5.74, 6) is 0.730. The Balaban J connectivity index is 3.49. The first kappa shape index (κ1) is 14.2. The summed E-state index contributed by atoms with van der Waals surface area (Å²) in [7, 11) is 3.47. The van der Waals surface area contributed by atoms with E-state index in [1.165, 1.54) is 0 Å². The first-order chi connectivity index (χ1) is 6.85. The molecular weight excluding hydrogens is 202 g/mol. The van der Waals surface area contributed by atoms with Crippen LogP contribution in [0.25, 0.3) is 0 Å². The summed E-state index contributed by atoms with van der Waals surface area (Å²) in [5.41, 5.74) is 0. The topological polar surface area (TPSA) is 21.7 Å². The van der Waals surface area contributed by atoms with Gasteiger partial charge in [-0.05, 0) is 19.4 Å². The second-order valence-corrected chi connectivity index (χ2v) is 3.60. The SMILES string of the molecule is COCCCN(CCCCl)CCOC. The molecule has 0 aromatic rings. The van der Waals surface area contributed by atoms with Gasteiger partial charge in [-0.15, -0.1) is 11.6 Å². The van der Waals surface area contributed by atoms with E-state index in [9.17, 15) is 0 Å². The van der Waals surface area contributed by atoms with Crippen molar-refractivity contribution >= 4 is 11.6 Å². The van der Waals surface area contributed by atoms with Crippen molar-refractivity contribution in [3.63, 3.8) is 0 Å². The fraction of sp³-hybridized carbons (Fsp3) is 1.00. The van der Waals surface area contributed by atoms with Crippen LogP contribution in [-0.4, -0.2) is 57.8 Å². The van der Waals surface area contributed by atoms with E-state index in [1.807, 2.05) is 0 Å². The molecule has 3 nitrogen and oxygen atoms in total. The summed E-state index contributed by atoms with van der Waals surface area (Å²) in [6, 6.07) is 0. The van der Waals surface area contributed by atoms with E-state index in [1.54, 1.807) is 14.2 Å². The molecule has 0 spiro atoms. The van der Waals surface area contributed by atoms with Crippen LogP contribution < -0.4 is 0 Å². The molecule has 0 bridgehead atoms. The molecule has 0 aliphatic heterocycles. The monoisotopic (exact) mass is 223 g/mol. The first-order valence-corrected chi connectivity index (χ1v) is 5.64. The molecule has 0 rings (SSSR count). The normalized spacial score (nSPS) is 11.1. The van der Waals surface area contributed by atoms with Crippen LogP contribution in [0.3, 0.4) is 0 Å². The van der Waals surface area contributed by atoms with Gasteiger partial charge in [0.25, 0.3) is 0 Å². The molecule has 0 aliphatic carbocycles. The third kappa shape index (κ3) is 8.75. The van der Waals surface area contributed by atoms with Crippen LogP contribution in [0.4, 0.5) is 0 Å². The predicted octanol–water partition coefficient (Wildman–Crippen LogP) is 1.60. The van der Waals surface area contributed by atoms with E-state index in [0.29, 0.717) is 0 Å². The van der Waals surface area contributed by atoms with Gasteiger partial charge in [-0.3, -0.25) is 0 Å². The third-order valence-electron chi connectivity index (χ3n) is 2.04. The molecule has 0 unspecified atom stereocenters. The number of nitrogens with zero attached hydrogens (tertiary/aromatic N) is 1. The van der Waals surface area contributed by atoms with Crippen LogP contribution in [0.1, 0.15) is 12.8 Å². The molecule has 0 saturated heterocycles. The molecule has 86 valence electrons. The standard InChI is InChI=1S/C10H22ClNO2/c1-13-9-4-7-12(6-3-5-11)8-10-14-2/h3-10H2,1-2H3. The van der Waals surface area contributed by atoms with Gasteiger partial charge in [-0.2, -0.15) is 0 Å². The van der Waals surface area contributed by atoms with Gasteiger partial charge in [0, 0.05) is 39.8 Å². The smallest absolute Gasteiger partial charge is 0.0589 e. The molecule has 0 aromatic heterocycles. The lowest BCUT2D eigenvalue weighted by Crippen LogP contribution is -2.30. The van der Waals surface area contributed by atoms with Crippen LogP contribution in [-0.2, 0) is 9.47 Å². The highest BCUT2D eigenvalue weighted by Crippen LogP contribution is 1.96. The van der Waals surface area contributed by atoms with Crippen LogP contribution >= 0.6 is 11.6 Å². The molecule has 0 aliphatic rings. The summed E-state index contributed by atoms with van der Waals surface area (Å²) >= 11 is 5.66. The van der Waals surface area contributed by atoms with Gasteiger partial charge < -0.3 is 14.4 Å². The lowest BCUT2D eigenvalue weighted by molar-refractivity contribution is 0.133. The minimum Gasteiger partial charge on any atom is -0.385 e. The van der Waals surface area contributed by atoms with Crippen molar-refractivity contribution in [2.24, 2.45) is 0 Å². The molecule has 0 radical (unpaired) electrons. The van der Waals surface area contributed by atoms with Crippen molar-refractivity contribution < 1.29 is 9.47 Å². The van der Waals surface area contributed by atoms with Gasteiger partial charge in [0.2, 0.25) is 0 Å². The molecule has 0 saturated carbocycles. The zero-order chi connectivity index (χ0) is 10.6. The fourth-order valence-electron chi connectivity index (χ4n) is 1.27. The summed E-state index contributed by atoms with van der Waals surface area (Å²) in [6.07, 6.45) is 2.11. The number of methoxy groups -OCH3 is 2. The average Bonchev–Trinajstić information content (AvgIpc) is 2.21. The van der Waals surface area contributed by atoms with Crippen molar-refractivity contribution in [1.82, 2.24) is 4.90 Å². The second kappa shape index (κ2) is 11.2. The predicted molar refractivity (Wildman–Crippen MR) is 60.1 cm³/mol. The first-order valence-electron chi connectivity index (χ1n) is 5.11. The minimum absolute atomic E-state index is 0.730. The Morgan fingerprint density at radius 3 is 2.14 bits per heavy atom. The Morgan fingerprint density at radius 2 is 1.57 bits per heavy atom. The van der Waals surface area contributed by atoms with Crippen molar-refractivity contribution in [2.75, 3.05) is 52.9 Å². The zero-order valence-electron chi connectivity index (χ0n) is 9.30. The Hall–Kier alpha value is 0.170. The molecule has 0 atom stereocenters. The molecular formula is C10H22ClNO2. The number of ether oxygens (including phenoxy) is 2. The van der Waals surface area contributed by atoms with Gasteiger partial charge >= 0.3 is 0 Å². The van der Waals surface area contributed by atoms with Crippen molar-refractivity contribution in [2.45, 2.75) is 12.8 Å². The molecule has 0 N–H and O–H groups in total. The van der Waals surface area contributed by atoms with Crippen LogP contribution in [0.5, 0.6) is 0 Å². The van der Waals surface area contributed by atoms with Gasteiger partial charge in [0.1, 0.15) is 0 Å². The van der Waals surface area contributed by atoms with E-state index in [-0.39, 0.29) is 0 Å². The van der Waals surface area contributed by atoms with Gasteiger partial charge in [-0.1, -0.05) is 0 Å². The molecule has 4 heteroatoms. The lowest BCUT2D eigenvalue weighted by atomic mass is 10.3. The van der Waals surface area contributed by atoms with E-state index in [2.05, 4.69) is 4.90 Å². The van der Waals surface area contributed by atoms with E-state index >= 15 is 0 Å². The van der Waals surface area contributed by atoms with E-state index in [4.69, 9.17) is 21.1 Å². The Labute approximate surface area is 92.3 Å². The summed E-state index contributed by atoms with van der Waals surface area (Å²) < 4.78 is 10.1. The second-order valence-electron chi connectivity index (χ2n) is 3.22. The number of rotatable bonds is 10. The zero-order valence-corrected chi connectivity index (χ0v) is 10.1. The van der Waals surface area contributed by atoms with Gasteiger partial charge in [-0.25, -0.2) is 0 Å². The molecule has 14 heavy (non-hydrogen) atoms. The van der Waals surface area contributed by atoms with Crippen LogP contribution in [0.2, 0.25) is 0 Å². The van der Waals surface area contributed by atoms with Crippen molar-refractivity contribution in [3.8, 4) is 0 Å². The van der Waals surface area contributed by atoms with Crippen molar-refractivity contribution in [3.05, 3.63) is 0 Å². The number of halogens is 1. The quantitative estimate of drug-likeness (QED) is 0.415. The molecule has 0 fully saturated rings. The number of alkyl halides is 1. The maximum absolute atomic E-state index is 5.66. The van der Waals surface area contributed by atoms with Gasteiger partial charge in [0.15, 0.2) is 0 Å². The number of hydrogen-bond donors (Lipinski definition) is 0. The maximum Gasteiger partial charge on any atom is 0.0589 e. The van der Waals surface area contributed by atoms with Gasteiger partial charge in [0.05, 0.1) is 6.61 Å². The van der Waals surface area contributed by atoms with Crippen LogP contribution in [0, 0.1) is 0 Å². The fourth-order valence-corrected chi connectivity index (χ4v) is 1.39. The van der Waals surface area contributed by atoms with Crippen LogP contribution in [0.15, 0.2) is 0 Å².